The zero-order valence-electron chi connectivity index (χ0n) is 25.3. The highest BCUT2D eigenvalue weighted by molar-refractivity contribution is 6.01. The lowest BCUT2D eigenvalue weighted by Gasteiger charge is -2.70. The first-order chi connectivity index (χ1) is 18.1. The van der Waals surface area contributed by atoms with Crippen molar-refractivity contribution in [2.24, 2.45) is 44.8 Å². The first-order valence-electron chi connectivity index (χ1n) is 15.1. The summed E-state index contributed by atoms with van der Waals surface area (Å²) in [6.45, 7) is 15.7. The Morgan fingerprint density at radius 2 is 1.74 bits per heavy atom. The van der Waals surface area contributed by atoms with Crippen LogP contribution in [0.25, 0.3) is 0 Å². The summed E-state index contributed by atoms with van der Waals surface area (Å²) < 4.78 is 5.07. The van der Waals surface area contributed by atoms with Gasteiger partial charge in [-0.3, -0.25) is 9.59 Å². The predicted octanol–water partition coefficient (Wildman–Crippen LogP) is 7.09. The van der Waals surface area contributed by atoms with Crippen LogP contribution in [0.5, 0.6) is 0 Å². The third kappa shape index (κ3) is 3.61. The van der Waals surface area contributed by atoms with E-state index < -0.39 is 17.0 Å². The van der Waals surface area contributed by atoms with Gasteiger partial charge in [-0.05, 0) is 97.4 Å². The number of Topliss-reactive ketones (excluding diaryl/α,β-unsaturated/α-hetero) is 1. The summed E-state index contributed by atoms with van der Waals surface area (Å²) in [5, 5.41) is 13.4. The minimum Gasteiger partial charge on any atom is -0.515 e. The standard InChI is InChI=1S/C33H49NO5/c1-9-29(4)23-10-11-31(6)24(30(23,5)17-20(19-35)26(29)37)16-22(36)25-21-18-28(2,3)12-14-33(21,34-27(38)39-8)15-13-32(25,31)7/h16,19,21,23,25,35H,9-15,17-18H2,1-8H3,(H,34,38)/b20-19-/t21-,23-,25-,29-,30-,31+,32+,33-/m0/s1. The molecular weight excluding hydrogens is 490 g/mol. The molecule has 4 fully saturated rings. The van der Waals surface area contributed by atoms with Gasteiger partial charge in [0.25, 0.3) is 0 Å². The second-order valence-corrected chi connectivity index (χ2v) is 15.4. The fraction of sp³-hybridized carbons (Fsp3) is 0.788. The summed E-state index contributed by atoms with van der Waals surface area (Å²) >= 11 is 0. The summed E-state index contributed by atoms with van der Waals surface area (Å²) in [6.07, 6.45) is 10.1. The lowest BCUT2D eigenvalue weighted by atomic mass is 9.34. The smallest absolute Gasteiger partial charge is 0.407 e. The van der Waals surface area contributed by atoms with Crippen LogP contribution in [0.1, 0.15) is 106 Å². The van der Waals surface area contributed by atoms with Crippen molar-refractivity contribution in [3.8, 4) is 0 Å². The van der Waals surface area contributed by atoms with Crippen LogP contribution in [0.2, 0.25) is 0 Å². The molecule has 0 bridgehead atoms. The monoisotopic (exact) mass is 539 g/mol. The SMILES string of the molecule is CC[C@]1(C)C(=O)/C(=C\O)C[C@]2(C)C3=CC(=O)[C@@H]4[C@@H]5CC(C)(C)CC[C@]5(NC(=O)OC)CC[C@@]4(C)[C@]3(C)CC[C@@H]12. The summed E-state index contributed by atoms with van der Waals surface area (Å²) in [7, 11) is 1.41. The number of rotatable bonds is 2. The Bertz CT molecular complexity index is 1170. The number of fused-ring (bicyclic) bond motifs is 7. The van der Waals surface area contributed by atoms with Gasteiger partial charge in [0.2, 0.25) is 0 Å². The van der Waals surface area contributed by atoms with E-state index in [0.717, 1.165) is 51.2 Å². The number of carbonyl (C=O) groups excluding carboxylic acids is 3. The van der Waals surface area contributed by atoms with Crippen LogP contribution in [0.3, 0.4) is 0 Å². The molecular formula is C33H49NO5. The molecule has 6 nitrogen and oxygen atoms in total. The van der Waals surface area contributed by atoms with Gasteiger partial charge in [0.05, 0.1) is 13.4 Å². The van der Waals surface area contributed by atoms with E-state index in [-0.39, 0.29) is 51.0 Å². The molecule has 216 valence electrons. The Labute approximate surface area is 234 Å². The van der Waals surface area contributed by atoms with Crippen molar-refractivity contribution in [1.82, 2.24) is 5.32 Å². The first kappa shape index (κ1) is 28.4. The van der Waals surface area contributed by atoms with Crippen molar-refractivity contribution < 1.29 is 24.2 Å². The molecule has 8 atom stereocenters. The molecule has 0 heterocycles. The van der Waals surface area contributed by atoms with Gasteiger partial charge in [-0.2, -0.15) is 0 Å². The van der Waals surface area contributed by atoms with E-state index in [4.69, 9.17) is 4.74 Å². The van der Waals surface area contributed by atoms with Crippen LogP contribution >= 0.6 is 0 Å². The molecule has 0 unspecified atom stereocenters. The van der Waals surface area contributed by atoms with Crippen LogP contribution in [-0.4, -0.2) is 35.4 Å². The molecule has 4 saturated carbocycles. The summed E-state index contributed by atoms with van der Waals surface area (Å²) in [5.74, 6) is 0.206. The van der Waals surface area contributed by atoms with Crippen molar-refractivity contribution in [3.05, 3.63) is 23.5 Å². The number of carbonyl (C=O) groups is 3. The van der Waals surface area contributed by atoms with Crippen LogP contribution in [0.4, 0.5) is 4.79 Å². The normalized spacial score (nSPS) is 47.7. The van der Waals surface area contributed by atoms with E-state index in [0.29, 0.717) is 18.4 Å². The van der Waals surface area contributed by atoms with Gasteiger partial charge in [0.15, 0.2) is 11.6 Å². The molecule has 5 rings (SSSR count). The summed E-state index contributed by atoms with van der Waals surface area (Å²) in [6, 6.07) is 0. The van der Waals surface area contributed by atoms with Crippen molar-refractivity contribution in [2.45, 2.75) is 112 Å². The summed E-state index contributed by atoms with van der Waals surface area (Å²) in [5.41, 5.74) is -0.103. The Morgan fingerprint density at radius 3 is 2.36 bits per heavy atom. The second kappa shape index (κ2) is 8.69. The van der Waals surface area contributed by atoms with E-state index >= 15 is 0 Å². The molecule has 0 aromatic carbocycles. The second-order valence-electron chi connectivity index (χ2n) is 15.4. The number of methoxy groups -OCH3 is 1. The summed E-state index contributed by atoms with van der Waals surface area (Å²) in [4.78, 5) is 40.6. The molecule has 5 aliphatic carbocycles. The number of aliphatic hydroxyl groups is 1. The van der Waals surface area contributed by atoms with Gasteiger partial charge in [0.1, 0.15) is 0 Å². The largest absolute Gasteiger partial charge is 0.515 e. The van der Waals surface area contributed by atoms with Crippen molar-refractivity contribution in [1.29, 1.82) is 0 Å². The topological polar surface area (TPSA) is 92.7 Å². The van der Waals surface area contributed by atoms with E-state index in [1.165, 1.54) is 12.7 Å². The molecule has 0 saturated heterocycles. The van der Waals surface area contributed by atoms with Crippen LogP contribution < -0.4 is 5.32 Å². The van der Waals surface area contributed by atoms with Gasteiger partial charge in [0, 0.05) is 22.4 Å². The lowest BCUT2D eigenvalue weighted by molar-refractivity contribution is -0.165. The number of ether oxygens (including phenoxy) is 1. The fourth-order valence-corrected chi connectivity index (χ4v) is 10.7. The molecule has 1 amide bonds. The van der Waals surface area contributed by atoms with Gasteiger partial charge < -0.3 is 15.2 Å². The molecule has 5 aliphatic rings. The van der Waals surface area contributed by atoms with E-state index in [1.54, 1.807) is 0 Å². The minimum atomic E-state index is -0.565. The van der Waals surface area contributed by atoms with Gasteiger partial charge in [-0.1, -0.05) is 54.0 Å². The molecule has 0 aromatic heterocycles. The Kier molecular flexibility index (Phi) is 6.34. The highest BCUT2D eigenvalue weighted by Gasteiger charge is 2.70. The van der Waals surface area contributed by atoms with Crippen LogP contribution in [-0.2, 0) is 14.3 Å². The fourth-order valence-electron chi connectivity index (χ4n) is 10.7. The van der Waals surface area contributed by atoms with Crippen LogP contribution in [0, 0.1) is 44.8 Å². The Morgan fingerprint density at radius 1 is 1.08 bits per heavy atom. The van der Waals surface area contributed by atoms with Gasteiger partial charge >= 0.3 is 6.09 Å². The molecule has 6 heteroatoms. The predicted molar refractivity (Wildman–Crippen MR) is 151 cm³/mol. The average Bonchev–Trinajstić information content (AvgIpc) is 2.88. The van der Waals surface area contributed by atoms with E-state index in [2.05, 4.69) is 53.8 Å². The number of alkyl carbamates (subject to hydrolysis) is 1. The molecule has 0 radical (unpaired) electrons. The van der Waals surface area contributed by atoms with E-state index in [9.17, 15) is 19.5 Å². The Balaban J connectivity index is 1.66. The molecule has 2 N–H and O–H groups in total. The third-order valence-corrected chi connectivity index (χ3v) is 13.2. The highest BCUT2D eigenvalue weighted by atomic mass is 16.5. The van der Waals surface area contributed by atoms with E-state index in [1.807, 2.05) is 6.08 Å². The zero-order valence-corrected chi connectivity index (χ0v) is 25.3. The number of nitrogens with one attached hydrogen (secondary N) is 1. The van der Waals surface area contributed by atoms with Crippen molar-refractivity contribution >= 4 is 17.7 Å². The zero-order chi connectivity index (χ0) is 28.8. The maximum atomic E-state index is 14.5. The Hall–Kier alpha value is -2.11. The third-order valence-electron chi connectivity index (χ3n) is 13.2. The lowest BCUT2D eigenvalue weighted by Crippen LogP contribution is -2.70. The molecule has 0 spiro atoms. The number of aliphatic hydroxyl groups excluding tert-OH is 1. The van der Waals surface area contributed by atoms with Gasteiger partial charge in [-0.25, -0.2) is 4.79 Å². The number of hydrogen-bond donors (Lipinski definition) is 2. The average molecular weight is 540 g/mol. The van der Waals surface area contributed by atoms with Gasteiger partial charge in [-0.15, -0.1) is 0 Å². The molecule has 0 aliphatic heterocycles. The maximum absolute atomic E-state index is 14.5. The molecule has 39 heavy (non-hydrogen) atoms. The maximum Gasteiger partial charge on any atom is 0.407 e. The number of amides is 1. The quantitative estimate of drug-likeness (QED) is 0.289. The van der Waals surface area contributed by atoms with Crippen LogP contribution in [0.15, 0.2) is 23.5 Å². The highest BCUT2D eigenvalue weighted by Crippen LogP contribution is 2.74. The number of allylic oxidation sites excluding steroid dienone is 3. The van der Waals surface area contributed by atoms with Crippen molar-refractivity contribution in [2.75, 3.05) is 7.11 Å². The minimum absolute atomic E-state index is 0.0356. The van der Waals surface area contributed by atoms with Crippen molar-refractivity contribution in [3.63, 3.8) is 0 Å². The number of hydrogen-bond acceptors (Lipinski definition) is 5. The first-order valence-corrected chi connectivity index (χ1v) is 15.1. The molecule has 0 aromatic rings. The number of ketones is 2.